The van der Waals surface area contributed by atoms with Crippen molar-refractivity contribution in [1.82, 2.24) is 14.9 Å². The number of anilines is 1. The Labute approximate surface area is 180 Å². The zero-order valence-corrected chi connectivity index (χ0v) is 18.5. The second-order valence-corrected chi connectivity index (χ2v) is 7.74. The molecule has 0 unspecified atom stereocenters. The molecule has 0 spiro atoms. The van der Waals surface area contributed by atoms with Gasteiger partial charge in [0.1, 0.15) is 10.8 Å². The number of nitrogens with zero attached hydrogens (tertiary/aromatic N) is 3. The van der Waals surface area contributed by atoms with Gasteiger partial charge in [0.15, 0.2) is 11.5 Å². The van der Waals surface area contributed by atoms with Gasteiger partial charge in [-0.1, -0.05) is 0 Å². The third-order valence-corrected chi connectivity index (χ3v) is 5.23. The van der Waals surface area contributed by atoms with E-state index in [0.717, 1.165) is 27.6 Å². The van der Waals surface area contributed by atoms with E-state index in [4.69, 9.17) is 14.5 Å². The van der Waals surface area contributed by atoms with Crippen LogP contribution in [-0.2, 0) is 11.3 Å². The summed E-state index contributed by atoms with van der Waals surface area (Å²) >= 11 is 1.56. The van der Waals surface area contributed by atoms with E-state index in [1.54, 1.807) is 24.6 Å². The Morgan fingerprint density at radius 2 is 2.07 bits per heavy atom. The Morgan fingerprint density at radius 1 is 1.23 bits per heavy atom. The highest BCUT2D eigenvalue weighted by Gasteiger charge is 2.13. The molecule has 0 saturated carbocycles. The topological polar surface area (TPSA) is 76.6 Å². The summed E-state index contributed by atoms with van der Waals surface area (Å²) in [4.78, 5) is 23.1. The number of amides is 1. The van der Waals surface area contributed by atoms with Crippen LogP contribution in [0.4, 0.5) is 5.82 Å². The number of nitrogens with one attached hydrogen (secondary N) is 1. The summed E-state index contributed by atoms with van der Waals surface area (Å²) in [5.41, 5.74) is 2.93. The molecule has 0 aliphatic carbocycles. The Hall–Kier alpha value is -2.97. The second kappa shape index (κ2) is 10.2. The lowest BCUT2D eigenvalue weighted by Gasteiger charge is -2.14. The number of ether oxygens (including phenoxy) is 2. The summed E-state index contributed by atoms with van der Waals surface area (Å²) in [5, 5.41) is 5.73. The van der Waals surface area contributed by atoms with Gasteiger partial charge in [-0.2, -0.15) is 0 Å². The Morgan fingerprint density at radius 3 is 2.80 bits per heavy atom. The molecule has 3 aromatic rings. The normalized spacial score (nSPS) is 10.8. The van der Waals surface area contributed by atoms with Crippen molar-refractivity contribution in [3.05, 3.63) is 53.2 Å². The van der Waals surface area contributed by atoms with Gasteiger partial charge in [-0.25, -0.2) is 9.97 Å². The largest absolute Gasteiger partial charge is 0.493 e. The van der Waals surface area contributed by atoms with E-state index in [1.807, 2.05) is 61.5 Å². The van der Waals surface area contributed by atoms with Crippen molar-refractivity contribution >= 4 is 23.1 Å². The van der Waals surface area contributed by atoms with E-state index in [2.05, 4.69) is 10.3 Å². The number of likely N-dealkylation sites (N-methyl/N-ethyl adjacent to an activating group) is 1. The molecule has 0 aliphatic rings. The molecular weight excluding hydrogens is 400 g/mol. The first-order chi connectivity index (χ1) is 14.5. The number of hydrogen-bond donors (Lipinski definition) is 1. The van der Waals surface area contributed by atoms with Crippen LogP contribution in [0.25, 0.3) is 10.6 Å². The SMILES string of the molecule is CCOc1ccc(-c2nc(CN(C)CC(=O)Nc3cc(C)ccn3)cs2)cc1OC. The predicted octanol–water partition coefficient (Wildman–Crippen LogP) is 3.99. The maximum absolute atomic E-state index is 12.3. The zero-order valence-electron chi connectivity index (χ0n) is 17.6. The number of thiazole rings is 1. The van der Waals surface area contributed by atoms with Crippen LogP contribution in [0.3, 0.4) is 0 Å². The standard InChI is InChI=1S/C22H26N4O3S/c1-5-29-18-7-6-16(11-19(18)28-4)22-24-17(14-30-22)12-26(3)13-21(27)25-20-10-15(2)8-9-23-20/h6-11,14H,5,12-13H2,1-4H3,(H,23,25,27). The lowest BCUT2D eigenvalue weighted by Crippen LogP contribution is -2.30. The van der Waals surface area contributed by atoms with Gasteiger partial charge in [-0.15, -0.1) is 11.3 Å². The molecule has 8 heteroatoms. The van der Waals surface area contributed by atoms with Crippen molar-refractivity contribution in [2.75, 3.05) is 32.6 Å². The van der Waals surface area contributed by atoms with Crippen LogP contribution in [0.5, 0.6) is 11.5 Å². The fraction of sp³-hybridized carbons (Fsp3) is 0.318. The third kappa shape index (κ3) is 5.77. The van der Waals surface area contributed by atoms with Crippen molar-refractivity contribution in [1.29, 1.82) is 0 Å². The van der Waals surface area contributed by atoms with Gasteiger partial charge < -0.3 is 14.8 Å². The summed E-state index contributed by atoms with van der Waals surface area (Å²) in [7, 11) is 3.52. The first-order valence-electron chi connectivity index (χ1n) is 9.65. The van der Waals surface area contributed by atoms with Crippen molar-refractivity contribution in [3.63, 3.8) is 0 Å². The molecule has 0 fully saturated rings. The maximum Gasteiger partial charge on any atom is 0.239 e. The van der Waals surface area contributed by atoms with E-state index in [9.17, 15) is 4.79 Å². The minimum Gasteiger partial charge on any atom is -0.493 e. The molecular formula is C22H26N4O3S. The van der Waals surface area contributed by atoms with Gasteiger partial charge in [-0.3, -0.25) is 9.69 Å². The predicted molar refractivity (Wildman–Crippen MR) is 119 cm³/mol. The lowest BCUT2D eigenvalue weighted by molar-refractivity contribution is -0.117. The molecule has 0 aliphatic heterocycles. The summed E-state index contributed by atoms with van der Waals surface area (Å²) in [6.45, 7) is 5.30. The van der Waals surface area contributed by atoms with Crippen LogP contribution in [0, 0.1) is 6.92 Å². The summed E-state index contributed by atoms with van der Waals surface area (Å²) < 4.78 is 11.0. The molecule has 0 saturated heterocycles. The van der Waals surface area contributed by atoms with Crippen LogP contribution in [-0.4, -0.2) is 48.1 Å². The van der Waals surface area contributed by atoms with E-state index in [-0.39, 0.29) is 12.5 Å². The van der Waals surface area contributed by atoms with Crippen molar-refractivity contribution < 1.29 is 14.3 Å². The van der Waals surface area contributed by atoms with Gasteiger partial charge in [-0.05, 0) is 56.8 Å². The number of hydrogen-bond acceptors (Lipinski definition) is 7. The Balaban J connectivity index is 1.60. The summed E-state index contributed by atoms with van der Waals surface area (Å²) in [6, 6.07) is 9.54. The summed E-state index contributed by atoms with van der Waals surface area (Å²) in [5.74, 6) is 1.86. The fourth-order valence-electron chi connectivity index (χ4n) is 2.95. The smallest absolute Gasteiger partial charge is 0.239 e. The highest BCUT2D eigenvalue weighted by Crippen LogP contribution is 2.33. The molecule has 3 rings (SSSR count). The molecule has 7 nitrogen and oxygen atoms in total. The summed E-state index contributed by atoms with van der Waals surface area (Å²) in [6.07, 6.45) is 1.68. The van der Waals surface area contributed by atoms with Gasteiger partial charge in [0.05, 0.1) is 26.0 Å². The third-order valence-electron chi connectivity index (χ3n) is 4.29. The number of rotatable bonds is 9. The van der Waals surface area contributed by atoms with Crippen molar-refractivity contribution in [3.8, 4) is 22.1 Å². The van der Waals surface area contributed by atoms with E-state index < -0.39 is 0 Å². The van der Waals surface area contributed by atoms with Crippen molar-refractivity contribution in [2.45, 2.75) is 20.4 Å². The van der Waals surface area contributed by atoms with E-state index >= 15 is 0 Å². The second-order valence-electron chi connectivity index (χ2n) is 6.88. The molecule has 0 atom stereocenters. The van der Waals surface area contributed by atoms with Crippen LogP contribution >= 0.6 is 11.3 Å². The molecule has 30 heavy (non-hydrogen) atoms. The molecule has 0 bridgehead atoms. The number of pyridine rings is 1. The molecule has 2 heterocycles. The van der Waals surface area contributed by atoms with Gasteiger partial charge in [0, 0.05) is 23.7 Å². The molecule has 2 aromatic heterocycles. The van der Waals surface area contributed by atoms with Gasteiger partial charge in [0.25, 0.3) is 0 Å². The molecule has 1 N–H and O–H groups in total. The van der Waals surface area contributed by atoms with Crippen LogP contribution < -0.4 is 14.8 Å². The molecule has 1 aromatic carbocycles. The lowest BCUT2D eigenvalue weighted by atomic mass is 10.2. The number of carbonyl (C=O) groups excluding carboxylic acids is 1. The van der Waals surface area contributed by atoms with Gasteiger partial charge in [0.2, 0.25) is 5.91 Å². The minimum absolute atomic E-state index is 0.109. The van der Waals surface area contributed by atoms with E-state index in [1.165, 1.54) is 0 Å². The quantitative estimate of drug-likeness (QED) is 0.558. The van der Waals surface area contributed by atoms with Crippen LogP contribution in [0.1, 0.15) is 18.2 Å². The highest BCUT2D eigenvalue weighted by atomic mass is 32.1. The zero-order chi connectivity index (χ0) is 21.5. The average Bonchev–Trinajstić information content (AvgIpc) is 3.16. The number of benzene rings is 1. The Bertz CT molecular complexity index is 1010. The minimum atomic E-state index is -0.109. The first-order valence-corrected chi connectivity index (χ1v) is 10.5. The Kier molecular flexibility index (Phi) is 7.37. The monoisotopic (exact) mass is 426 g/mol. The van der Waals surface area contributed by atoms with Crippen LogP contribution in [0.2, 0.25) is 0 Å². The average molecular weight is 427 g/mol. The number of methoxy groups -OCH3 is 1. The maximum atomic E-state index is 12.3. The fourth-order valence-corrected chi connectivity index (χ4v) is 3.76. The number of carbonyl (C=O) groups is 1. The number of aryl methyl sites for hydroxylation is 1. The van der Waals surface area contributed by atoms with E-state index in [0.29, 0.717) is 24.7 Å². The molecule has 158 valence electrons. The van der Waals surface area contributed by atoms with Gasteiger partial charge >= 0.3 is 0 Å². The number of aromatic nitrogens is 2. The van der Waals surface area contributed by atoms with Crippen LogP contribution in [0.15, 0.2) is 41.9 Å². The molecule has 0 radical (unpaired) electrons. The first kappa shape index (κ1) is 21.7. The van der Waals surface area contributed by atoms with Crippen molar-refractivity contribution in [2.24, 2.45) is 0 Å². The highest BCUT2D eigenvalue weighted by molar-refractivity contribution is 7.13. The molecule has 1 amide bonds.